The Hall–Kier alpha value is -2.74. The van der Waals surface area contributed by atoms with Gasteiger partial charge in [-0.05, 0) is 31.0 Å². The van der Waals surface area contributed by atoms with Crippen LogP contribution in [0.2, 0.25) is 0 Å². The van der Waals surface area contributed by atoms with Crippen LogP contribution in [0.1, 0.15) is 17.8 Å². The largest absolute Gasteiger partial charge is 0.339 e. The van der Waals surface area contributed by atoms with Gasteiger partial charge in [-0.2, -0.15) is 0 Å². The minimum absolute atomic E-state index is 0.0740. The second-order valence-corrected chi connectivity index (χ2v) is 7.83. The minimum atomic E-state index is -0.0740. The lowest BCUT2D eigenvalue weighted by molar-refractivity contribution is 0.200. The normalized spacial score (nSPS) is 17.1. The van der Waals surface area contributed by atoms with Crippen LogP contribution in [0, 0.1) is 0 Å². The Morgan fingerprint density at radius 1 is 1.30 bits per heavy atom. The van der Waals surface area contributed by atoms with Crippen LogP contribution in [-0.2, 0) is 6.54 Å². The van der Waals surface area contributed by atoms with Crippen LogP contribution < -0.4 is 10.2 Å². The molecule has 140 valence electrons. The Morgan fingerprint density at radius 3 is 2.93 bits per heavy atom. The summed E-state index contributed by atoms with van der Waals surface area (Å²) >= 11 is 1.63. The molecular formula is C19H22N6OS. The third-order valence-corrected chi connectivity index (χ3v) is 5.66. The Bertz CT molecular complexity index is 882. The van der Waals surface area contributed by atoms with Crippen LogP contribution in [0.3, 0.4) is 0 Å². The van der Waals surface area contributed by atoms with Crippen LogP contribution in [-0.4, -0.2) is 52.1 Å². The van der Waals surface area contributed by atoms with Crippen molar-refractivity contribution < 1.29 is 4.79 Å². The molecule has 1 fully saturated rings. The Kier molecular flexibility index (Phi) is 5.15. The van der Waals surface area contributed by atoms with Gasteiger partial charge in [-0.15, -0.1) is 11.3 Å². The number of anilines is 1. The fourth-order valence-electron chi connectivity index (χ4n) is 3.28. The van der Waals surface area contributed by atoms with Crippen LogP contribution in [0.25, 0.3) is 10.2 Å². The van der Waals surface area contributed by atoms with Gasteiger partial charge in [0.25, 0.3) is 0 Å². The van der Waals surface area contributed by atoms with Gasteiger partial charge in [0.2, 0.25) is 5.95 Å². The summed E-state index contributed by atoms with van der Waals surface area (Å²) in [6.45, 7) is 2.14. The number of para-hydroxylation sites is 1. The third-order valence-electron chi connectivity index (χ3n) is 4.64. The summed E-state index contributed by atoms with van der Waals surface area (Å²) < 4.78 is 1.15. The molecule has 0 saturated carbocycles. The van der Waals surface area contributed by atoms with E-state index in [9.17, 15) is 4.79 Å². The number of carbonyl (C=O) groups is 1. The molecule has 1 atom stereocenters. The van der Waals surface area contributed by atoms with E-state index in [1.165, 1.54) is 0 Å². The van der Waals surface area contributed by atoms with Crippen molar-refractivity contribution in [3.8, 4) is 0 Å². The molecule has 1 aliphatic rings. The van der Waals surface area contributed by atoms with Gasteiger partial charge in [-0.25, -0.2) is 19.7 Å². The van der Waals surface area contributed by atoms with Crippen LogP contribution >= 0.6 is 11.3 Å². The molecule has 1 unspecified atom stereocenters. The second kappa shape index (κ2) is 7.87. The predicted octanol–water partition coefficient (Wildman–Crippen LogP) is 2.90. The van der Waals surface area contributed by atoms with E-state index in [4.69, 9.17) is 0 Å². The smallest absolute Gasteiger partial charge is 0.317 e. The predicted molar refractivity (Wildman–Crippen MR) is 107 cm³/mol. The number of hydrogen-bond acceptors (Lipinski definition) is 6. The average Bonchev–Trinajstić information content (AvgIpc) is 3.11. The second-order valence-electron chi connectivity index (χ2n) is 6.71. The van der Waals surface area contributed by atoms with Gasteiger partial charge in [0.15, 0.2) is 0 Å². The first-order chi connectivity index (χ1) is 13.2. The number of rotatable bonds is 4. The van der Waals surface area contributed by atoms with E-state index in [1.807, 2.05) is 31.3 Å². The molecule has 4 rings (SSSR count). The van der Waals surface area contributed by atoms with Crippen LogP contribution in [0.5, 0.6) is 0 Å². The van der Waals surface area contributed by atoms with Gasteiger partial charge in [0, 0.05) is 38.6 Å². The van der Waals surface area contributed by atoms with E-state index in [-0.39, 0.29) is 12.1 Å². The fraction of sp³-hybridized carbons (Fsp3) is 0.368. The zero-order valence-corrected chi connectivity index (χ0v) is 16.0. The maximum atomic E-state index is 12.6. The molecule has 0 radical (unpaired) electrons. The molecule has 8 heteroatoms. The quantitative estimate of drug-likeness (QED) is 0.751. The van der Waals surface area contributed by atoms with Crippen molar-refractivity contribution >= 4 is 33.5 Å². The number of fused-ring (bicyclic) bond motifs is 1. The lowest BCUT2D eigenvalue weighted by Crippen LogP contribution is -2.51. The first-order valence-electron chi connectivity index (χ1n) is 9.07. The number of carbonyl (C=O) groups excluding carboxylic acids is 1. The topological polar surface area (TPSA) is 74.2 Å². The van der Waals surface area contributed by atoms with Crippen LogP contribution in [0.4, 0.5) is 10.7 Å². The van der Waals surface area contributed by atoms with Gasteiger partial charge in [0.1, 0.15) is 5.01 Å². The Labute approximate surface area is 162 Å². The molecule has 7 nitrogen and oxygen atoms in total. The Balaban J connectivity index is 1.35. The maximum Gasteiger partial charge on any atom is 0.317 e. The molecule has 2 amide bonds. The van der Waals surface area contributed by atoms with Gasteiger partial charge in [-0.3, -0.25) is 0 Å². The zero-order chi connectivity index (χ0) is 18.6. The van der Waals surface area contributed by atoms with Crippen molar-refractivity contribution in [1.82, 2.24) is 25.2 Å². The standard InChI is InChI=1S/C19H22N6OS/c1-24(13-17-23-15-7-2-3-8-16(15)27-17)19(26)22-14-6-4-11-25(12-14)18-20-9-5-10-21-18/h2-3,5,7-10,14H,4,6,11-13H2,1H3,(H,22,26). The molecule has 0 spiro atoms. The van der Waals surface area contributed by atoms with E-state index < -0.39 is 0 Å². The molecular weight excluding hydrogens is 360 g/mol. The molecule has 1 saturated heterocycles. The molecule has 3 aromatic rings. The van der Waals surface area contributed by atoms with Crippen molar-refractivity contribution in [2.24, 2.45) is 0 Å². The SMILES string of the molecule is CN(Cc1nc2ccccc2s1)C(=O)NC1CCCN(c2ncccn2)C1. The van der Waals surface area contributed by atoms with Gasteiger partial charge >= 0.3 is 6.03 Å². The van der Waals surface area contributed by atoms with E-state index in [2.05, 4.69) is 31.2 Å². The summed E-state index contributed by atoms with van der Waals surface area (Å²) in [7, 11) is 1.81. The number of amides is 2. The summed E-state index contributed by atoms with van der Waals surface area (Å²) in [5, 5.41) is 4.08. The molecule has 2 aromatic heterocycles. The highest BCUT2D eigenvalue weighted by molar-refractivity contribution is 7.18. The monoisotopic (exact) mass is 382 g/mol. The lowest BCUT2D eigenvalue weighted by Gasteiger charge is -2.33. The molecule has 3 heterocycles. The third kappa shape index (κ3) is 4.16. The van der Waals surface area contributed by atoms with E-state index >= 15 is 0 Å². The van der Waals surface area contributed by atoms with Crippen molar-refractivity contribution in [1.29, 1.82) is 0 Å². The fourth-order valence-corrected chi connectivity index (χ4v) is 4.30. The number of benzene rings is 1. The number of urea groups is 1. The summed E-state index contributed by atoms with van der Waals surface area (Å²) in [5.74, 6) is 0.722. The van der Waals surface area contributed by atoms with E-state index in [0.29, 0.717) is 6.54 Å². The summed E-state index contributed by atoms with van der Waals surface area (Å²) in [4.78, 5) is 29.7. The average molecular weight is 382 g/mol. The molecule has 1 N–H and O–H groups in total. The van der Waals surface area contributed by atoms with Gasteiger partial charge in [0.05, 0.1) is 16.8 Å². The number of hydrogen-bond donors (Lipinski definition) is 1. The van der Waals surface area contributed by atoms with Crippen molar-refractivity contribution in [2.75, 3.05) is 25.0 Å². The van der Waals surface area contributed by atoms with Gasteiger partial charge < -0.3 is 15.1 Å². The first-order valence-corrected chi connectivity index (χ1v) is 9.89. The maximum absolute atomic E-state index is 12.6. The van der Waals surface area contributed by atoms with Crippen molar-refractivity contribution in [3.63, 3.8) is 0 Å². The zero-order valence-electron chi connectivity index (χ0n) is 15.2. The van der Waals surface area contributed by atoms with E-state index in [0.717, 1.165) is 47.1 Å². The summed E-state index contributed by atoms with van der Waals surface area (Å²) in [6, 6.07) is 9.86. The number of nitrogens with one attached hydrogen (secondary N) is 1. The number of thiazole rings is 1. The number of aromatic nitrogens is 3. The lowest BCUT2D eigenvalue weighted by atomic mass is 10.1. The number of piperidine rings is 1. The van der Waals surface area contributed by atoms with Crippen molar-refractivity contribution in [2.45, 2.75) is 25.4 Å². The molecule has 27 heavy (non-hydrogen) atoms. The number of nitrogens with zero attached hydrogens (tertiary/aromatic N) is 5. The molecule has 1 aromatic carbocycles. The Morgan fingerprint density at radius 2 is 2.11 bits per heavy atom. The van der Waals surface area contributed by atoms with Gasteiger partial charge in [-0.1, -0.05) is 12.1 Å². The molecule has 0 bridgehead atoms. The highest BCUT2D eigenvalue weighted by atomic mass is 32.1. The van der Waals surface area contributed by atoms with Crippen molar-refractivity contribution in [3.05, 3.63) is 47.7 Å². The minimum Gasteiger partial charge on any atom is -0.339 e. The summed E-state index contributed by atoms with van der Waals surface area (Å²) in [5.41, 5.74) is 0.983. The first kappa shape index (κ1) is 17.7. The molecule has 0 aliphatic carbocycles. The highest BCUT2D eigenvalue weighted by Gasteiger charge is 2.24. The summed E-state index contributed by atoms with van der Waals surface area (Å²) in [6.07, 6.45) is 5.46. The van der Waals surface area contributed by atoms with E-state index in [1.54, 1.807) is 28.6 Å². The molecule has 1 aliphatic heterocycles. The van der Waals surface area contributed by atoms with Crippen LogP contribution in [0.15, 0.2) is 42.7 Å². The highest BCUT2D eigenvalue weighted by Crippen LogP contribution is 2.22.